The van der Waals surface area contributed by atoms with Gasteiger partial charge in [-0.25, -0.2) is 4.98 Å². The largest absolute Gasteiger partial charge is 0.355 e. The summed E-state index contributed by atoms with van der Waals surface area (Å²) in [5, 5.41) is 5.02. The van der Waals surface area contributed by atoms with E-state index in [1.54, 1.807) is 23.1 Å². The molecule has 0 saturated carbocycles. The number of nitrogens with zero attached hydrogens (tertiary/aromatic N) is 2. The molecule has 0 fully saturated rings. The van der Waals surface area contributed by atoms with Crippen LogP contribution in [0.4, 0.5) is 0 Å². The van der Waals surface area contributed by atoms with Crippen LogP contribution in [0, 0.1) is 6.92 Å². The van der Waals surface area contributed by atoms with Gasteiger partial charge in [-0.3, -0.25) is 4.79 Å². The van der Waals surface area contributed by atoms with Gasteiger partial charge in [0.05, 0.1) is 11.4 Å². The van der Waals surface area contributed by atoms with Crippen molar-refractivity contribution >= 4 is 34.7 Å². The molecule has 0 radical (unpaired) electrons. The van der Waals surface area contributed by atoms with E-state index in [4.69, 9.17) is 0 Å². The molecule has 23 heavy (non-hydrogen) atoms. The second-order valence-electron chi connectivity index (χ2n) is 5.38. The Morgan fingerprint density at radius 3 is 3.09 bits per heavy atom. The predicted octanol–water partition coefficient (Wildman–Crippen LogP) is 3.30. The number of hydrogen-bond acceptors (Lipinski definition) is 4. The Balaban J connectivity index is 1.40. The van der Waals surface area contributed by atoms with Crippen LogP contribution in [0.2, 0.25) is 0 Å². The molecule has 0 atom stereocenters. The maximum Gasteiger partial charge on any atom is 0.230 e. The number of carbonyl (C=O) groups excluding carboxylic acids is 1. The van der Waals surface area contributed by atoms with Crippen LogP contribution in [0.1, 0.15) is 16.1 Å². The zero-order chi connectivity index (χ0) is 16.1. The third-order valence-corrected chi connectivity index (χ3v) is 5.31. The first-order valence-corrected chi connectivity index (χ1v) is 9.55. The number of nitrogens with one attached hydrogen (secondary N) is 1. The molecule has 0 aliphatic heterocycles. The molecule has 3 rings (SSSR count). The highest BCUT2D eigenvalue weighted by atomic mass is 32.2. The van der Waals surface area contributed by atoms with Gasteiger partial charge in [-0.1, -0.05) is 12.1 Å². The average Bonchev–Trinajstić information content (AvgIpc) is 3.16. The van der Waals surface area contributed by atoms with Crippen LogP contribution >= 0.6 is 23.1 Å². The van der Waals surface area contributed by atoms with Crippen molar-refractivity contribution in [2.45, 2.75) is 19.1 Å². The lowest BCUT2D eigenvalue weighted by atomic mass is 10.3. The monoisotopic (exact) mass is 345 g/mol. The topological polar surface area (TPSA) is 46.4 Å². The average molecular weight is 345 g/mol. The zero-order valence-corrected chi connectivity index (χ0v) is 14.6. The lowest BCUT2D eigenvalue weighted by molar-refractivity contribution is -0.118. The Kier molecular flexibility index (Phi) is 5.35. The fourth-order valence-electron chi connectivity index (χ4n) is 2.30. The van der Waals surface area contributed by atoms with E-state index in [0.29, 0.717) is 12.3 Å². The third-order valence-electron chi connectivity index (χ3n) is 3.41. The number of aromatic nitrogens is 2. The Morgan fingerprint density at radius 2 is 2.26 bits per heavy atom. The second-order valence-corrected chi connectivity index (χ2v) is 7.39. The smallest absolute Gasteiger partial charge is 0.230 e. The third kappa shape index (κ3) is 4.59. The van der Waals surface area contributed by atoms with E-state index >= 15 is 0 Å². The predicted molar refractivity (Wildman–Crippen MR) is 97.1 cm³/mol. The number of aryl methyl sites for hydroxylation is 1. The number of rotatable bonds is 7. The van der Waals surface area contributed by atoms with Crippen LogP contribution in [-0.4, -0.2) is 27.6 Å². The van der Waals surface area contributed by atoms with Crippen molar-refractivity contribution in [2.24, 2.45) is 0 Å². The van der Waals surface area contributed by atoms with E-state index in [1.807, 2.05) is 22.7 Å². The van der Waals surface area contributed by atoms with Gasteiger partial charge in [-0.05, 0) is 36.4 Å². The Hall–Kier alpha value is -1.79. The van der Waals surface area contributed by atoms with Crippen LogP contribution in [0.25, 0.3) is 5.65 Å². The standard InChI is InChI=1S/C17H19N3OS2/c1-13-4-5-16-19-14(10-20(16)9-13)11-22-12-17(21)18-7-6-15-3-2-8-23-15/h2-5,8-10H,6-7,11-12H2,1H3,(H,18,21). The summed E-state index contributed by atoms with van der Waals surface area (Å²) >= 11 is 3.32. The number of hydrogen-bond donors (Lipinski definition) is 1. The molecule has 6 heteroatoms. The first-order chi connectivity index (χ1) is 11.2. The van der Waals surface area contributed by atoms with Crippen molar-refractivity contribution < 1.29 is 4.79 Å². The number of imidazole rings is 1. The number of carbonyl (C=O) groups is 1. The molecule has 0 unspecified atom stereocenters. The molecule has 0 spiro atoms. The van der Waals surface area contributed by atoms with Crippen LogP contribution in [0.5, 0.6) is 0 Å². The first-order valence-electron chi connectivity index (χ1n) is 7.52. The van der Waals surface area contributed by atoms with Gasteiger partial charge >= 0.3 is 0 Å². The maximum atomic E-state index is 11.8. The van der Waals surface area contributed by atoms with Gasteiger partial charge in [0.2, 0.25) is 5.91 Å². The summed E-state index contributed by atoms with van der Waals surface area (Å²) in [5.74, 6) is 1.31. The minimum absolute atomic E-state index is 0.0890. The van der Waals surface area contributed by atoms with E-state index in [-0.39, 0.29) is 5.91 Å². The zero-order valence-electron chi connectivity index (χ0n) is 13.0. The van der Waals surface area contributed by atoms with E-state index in [2.05, 4.69) is 40.9 Å². The van der Waals surface area contributed by atoms with Crippen molar-refractivity contribution in [2.75, 3.05) is 12.3 Å². The van der Waals surface area contributed by atoms with Gasteiger partial charge in [0.25, 0.3) is 0 Å². The molecule has 3 aromatic heterocycles. The van der Waals surface area contributed by atoms with Crippen LogP contribution in [0.15, 0.2) is 42.0 Å². The summed E-state index contributed by atoms with van der Waals surface area (Å²) in [4.78, 5) is 17.7. The highest BCUT2D eigenvalue weighted by Gasteiger charge is 2.05. The van der Waals surface area contributed by atoms with E-state index in [0.717, 1.165) is 23.5 Å². The number of fused-ring (bicyclic) bond motifs is 1. The minimum atomic E-state index is 0.0890. The lowest BCUT2D eigenvalue weighted by Gasteiger charge is -2.03. The Labute approximate surface area is 143 Å². The van der Waals surface area contributed by atoms with Gasteiger partial charge in [-0.2, -0.15) is 0 Å². The van der Waals surface area contributed by atoms with Gasteiger partial charge in [0, 0.05) is 29.6 Å². The van der Waals surface area contributed by atoms with Gasteiger partial charge in [0.15, 0.2) is 0 Å². The van der Waals surface area contributed by atoms with Gasteiger partial charge in [-0.15, -0.1) is 23.1 Å². The number of pyridine rings is 1. The van der Waals surface area contributed by atoms with Crippen molar-refractivity contribution in [3.05, 3.63) is 58.2 Å². The van der Waals surface area contributed by atoms with Crippen molar-refractivity contribution in [3.8, 4) is 0 Å². The molecule has 1 amide bonds. The van der Waals surface area contributed by atoms with Crippen molar-refractivity contribution in [3.63, 3.8) is 0 Å². The minimum Gasteiger partial charge on any atom is -0.355 e. The summed E-state index contributed by atoms with van der Waals surface area (Å²) in [6, 6.07) is 8.20. The first kappa shape index (κ1) is 16.1. The fraction of sp³-hybridized carbons (Fsp3) is 0.294. The summed E-state index contributed by atoms with van der Waals surface area (Å²) < 4.78 is 2.03. The number of thiophene rings is 1. The summed E-state index contributed by atoms with van der Waals surface area (Å²) in [5.41, 5.74) is 3.16. The molecule has 3 heterocycles. The Morgan fingerprint density at radius 1 is 1.35 bits per heavy atom. The second kappa shape index (κ2) is 7.66. The molecular weight excluding hydrogens is 326 g/mol. The lowest BCUT2D eigenvalue weighted by Crippen LogP contribution is -2.27. The van der Waals surface area contributed by atoms with Gasteiger partial charge < -0.3 is 9.72 Å². The molecule has 120 valence electrons. The molecule has 0 aliphatic rings. The highest BCUT2D eigenvalue weighted by molar-refractivity contribution is 7.99. The molecular formula is C17H19N3OS2. The normalized spacial score (nSPS) is 11.0. The maximum absolute atomic E-state index is 11.8. The van der Waals surface area contributed by atoms with Crippen molar-refractivity contribution in [1.82, 2.24) is 14.7 Å². The van der Waals surface area contributed by atoms with Crippen molar-refractivity contribution in [1.29, 1.82) is 0 Å². The molecule has 4 nitrogen and oxygen atoms in total. The SMILES string of the molecule is Cc1ccc2nc(CSCC(=O)NCCc3cccs3)cn2c1. The molecule has 0 bridgehead atoms. The number of amides is 1. The molecule has 0 saturated heterocycles. The Bertz CT molecular complexity index is 780. The summed E-state index contributed by atoms with van der Waals surface area (Å²) in [6.07, 6.45) is 5.00. The molecule has 0 aliphatic carbocycles. The van der Waals surface area contributed by atoms with Gasteiger partial charge in [0.1, 0.15) is 5.65 Å². The van der Waals surface area contributed by atoms with E-state index in [9.17, 15) is 4.79 Å². The van der Waals surface area contributed by atoms with E-state index < -0.39 is 0 Å². The highest BCUT2D eigenvalue weighted by Crippen LogP contribution is 2.13. The number of thioether (sulfide) groups is 1. The summed E-state index contributed by atoms with van der Waals surface area (Å²) in [7, 11) is 0. The fourth-order valence-corrected chi connectivity index (χ4v) is 3.75. The van der Waals surface area contributed by atoms with Crippen LogP contribution < -0.4 is 5.32 Å². The van der Waals surface area contributed by atoms with E-state index in [1.165, 1.54) is 10.4 Å². The summed E-state index contributed by atoms with van der Waals surface area (Å²) in [6.45, 7) is 2.77. The van der Waals surface area contributed by atoms with Crippen LogP contribution in [0.3, 0.4) is 0 Å². The van der Waals surface area contributed by atoms with Crippen LogP contribution in [-0.2, 0) is 17.0 Å². The molecule has 0 aromatic carbocycles. The quantitative estimate of drug-likeness (QED) is 0.715. The molecule has 1 N–H and O–H groups in total. The molecule has 3 aromatic rings.